The number of methoxy groups -OCH3 is 1. The zero-order chi connectivity index (χ0) is 12.1. The molecule has 0 spiro atoms. The monoisotopic (exact) mass is 234 g/mol. The van der Waals surface area contributed by atoms with Gasteiger partial charge in [-0.1, -0.05) is 19.1 Å². The van der Waals surface area contributed by atoms with Crippen molar-refractivity contribution < 1.29 is 4.74 Å². The first kappa shape index (κ1) is 12.4. The average Bonchev–Trinajstić information content (AvgIpc) is 2.55. The maximum absolute atomic E-state index is 5.17. The molecule has 1 N–H and O–H groups in total. The zero-order valence-electron chi connectivity index (χ0n) is 10.8. The van der Waals surface area contributed by atoms with Crippen LogP contribution < -0.4 is 10.1 Å². The van der Waals surface area contributed by atoms with Crippen molar-refractivity contribution in [1.29, 1.82) is 0 Å². The maximum Gasteiger partial charge on any atom is 0.118 e. The molecule has 1 unspecified atom stereocenters. The zero-order valence-corrected chi connectivity index (χ0v) is 10.8. The topological polar surface area (TPSA) is 24.5 Å². The van der Waals surface area contributed by atoms with E-state index in [-0.39, 0.29) is 0 Å². The summed E-state index contributed by atoms with van der Waals surface area (Å²) in [6.07, 6.45) is 0. The summed E-state index contributed by atoms with van der Waals surface area (Å²) >= 11 is 0. The summed E-state index contributed by atoms with van der Waals surface area (Å²) in [6, 6.07) is 8.38. The molecule has 0 amide bonds. The Hall–Kier alpha value is -1.06. The molecule has 0 bridgehead atoms. The van der Waals surface area contributed by atoms with Crippen LogP contribution in [0.25, 0.3) is 0 Å². The molecule has 1 fully saturated rings. The molecule has 1 saturated heterocycles. The Labute approximate surface area is 104 Å². The second kappa shape index (κ2) is 6.03. The minimum atomic E-state index is 0.732. The molecule has 0 saturated carbocycles. The van der Waals surface area contributed by atoms with E-state index in [1.165, 1.54) is 12.1 Å². The summed E-state index contributed by atoms with van der Waals surface area (Å²) < 4.78 is 5.17. The summed E-state index contributed by atoms with van der Waals surface area (Å²) in [7, 11) is 1.71. The molecule has 3 heteroatoms. The van der Waals surface area contributed by atoms with E-state index < -0.39 is 0 Å². The number of rotatable bonds is 3. The van der Waals surface area contributed by atoms with Crippen molar-refractivity contribution in [1.82, 2.24) is 10.2 Å². The molecule has 1 aliphatic heterocycles. The van der Waals surface area contributed by atoms with Crippen molar-refractivity contribution in [3.8, 4) is 5.75 Å². The predicted octanol–water partition coefficient (Wildman–Crippen LogP) is 1.74. The number of nitrogens with one attached hydrogen (secondary N) is 1. The van der Waals surface area contributed by atoms with E-state index in [0.29, 0.717) is 0 Å². The van der Waals surface area contributed by atoms with Gasteiger partial charge >= 0.3 is 0 Å². The van der Waals surface area contributed by atoms with Crippen LogP contribution in [0.2, 0.25) is 0 Å². The minimum Gasteiger partial charge on any atom is -0.497 e. The van der Waals surface area contributed by atoms with Crippen LogP contribution in [0.3, 0.4) is 0 Å². The van der Waals surface area contributed by atoms with Gasteiger partial charge in [0.1, 0.15) is 5.75 Å². The lowest BCUT2D eigenvalue weighted by atomic mass is 10.1. The smallest absolute Gasteiger partial charge is 0.118 e. The number of benzene rings is 1. The summed E-state index contributed by atoms with van der Waals surface area (Å²) in [5.41, 5.74) is 1.36. The third-order valence-corrected chi connectivity index (χ3v) is 3.23. The third-order valence-electron chi connectivity index (χ3n) is 3.23. The number of nitrogens with zero attached hydrogens (tertiary/aromatic N) is 1. The van der Waals surface area contributed by atoms with Crippen molar-refractivity contribution in [2.75, 3.05) is 33.3 Å². The van der Waals surface area contributed by atoms with E-state index in [1.807, 2.05) is 12.1 Å². The second-order valence-electron chi connectivity index (χ2n) is 4.89. The Morgan fingerprint density at radius 3 is 2.82 bits per heavy atom. The molecular formula is C14H22N2O. The van der Waals surface area contributed by atoms with Crippen molar-refractivity contribution in [3.05, 3.63) is 29.8 Å². The summed E-state index contributed by atoms with van der Waals surface area (Å²) in [5, 5.41) is 3.47. The van der Waals surface area contributed by atoms with Gasteiger partial charge in [-0.2, -0.15) is 0 Å². The molecule has 2 rings (SSSR count). The van der Waals surface area contributed by atoms with E-state index >= 15 is 0 Å². The molecule has 3 nitrogen and oxygen atoms in total. The Kier molecular flexibility index (Phi) is 4.40. The summed E-state index contributed by atoms with van der Waals surface area (Å²) in [4.78, 5) is 2.52. The van der Waals surface area contributed by atoms with E-state index in [4.69, 9.17) is 4.74 Å². The predicted molar refractivity (Wildman–Crippen MR) is 70.3 cm³/mol. The minimum absolute atomic E-state index is 0.732. The molecule has 1 aliphatic rings. The quantitative estimate of drug-likeness (QED) is 0.862. The standard InChI is InChI=1S/C14H22N2O/c1-12-9-15-7-8-16(10-12)11-13-3-5-14(17-2)6-4-13/h3-6,12,15H,7-11H2,1-2H3. The summed E-state index contributed by atoms with van der Waals surface area (Å²) in [6.45, 7) is 7.89. The largest absolute Gasteiger partial charge is 0.497 e. The van der Waals surface area contributed by atoms with Crippen LogP contribution in [0.5, 0.6) is 5.75 Å². The Bertz CT molecular complexity index is 337. The van der Waals surface area contributed by atoms with Crippen LogP contribution in [0.4, 0.5) is 0 Å². The van der Waals surface area contributed by atoms with Crippen molar-refractivity contribution >= 4 is 0 Å². The molecule has 1 aromatic carbocycles. The lowest BCUT2D eigenvalue weighted by Gasteiger charge is -2.21. The van der Waals surface area contributed by atoms with E-state index in [0.717, 1.165) is 37.8 Å². The van der Waals surface area contributed by atoms with Crippen LogP contribution in [-0.2, 0) is 6.54 Å². The van der Waals surface area contributed by atoms with Gasteiger partial charge in [-0.05, 0) is 30.2 Å². The van der Waals surface area contributed by atoms with Crippen LogP contribution in [0, 0.1) is 5.92 Å². The lowest BCUT2D eigenvalue weighted by molar-refractivity contribution is 0.256. The average molecular weight is 234 g/mol. The first-order chi connectivity index (χ1) is 8.28. The molecule has 0 aromatic heterocycles. The molecule has 1 aromatic rings. The highest BCUT2D eigenvalue weighted by Crippen LogP contribution is 2.14. The highest BCUT2D eigenvalue weighted by molar-refractivity contribution is 5.27. The van der Waals surface area contributed by atoms with Crippen LogP contribution in [0.15, 0.2) is 24.3 Å². The molecular weight excluding hydrogens is 212 g/mol. The van der Waals surface area contributed by atoms with Gasteiger partial charge in [0.15, 0.2) is 0 Å². The summed E-state index contributed by atoms with van der Waals surface area (Å²) in [5.74, 6) is 1.66. The van der Waals surface area contributed by atoms with Crippen molar-refractivity contribution in [3.63, 3.8) is 0 Å². The maximum atomic E-state index is 5.17. The van der Waals surface area contributed by atoms with Crippen molar-refractivity contribution in [2.24, 2.45) is 5.92 Å². The molecule has 94 valence electrons. The first-order valence-corrected chi connectivity index (χ1v) is 6.34. The Balaban J connectivity index is 1.94. The highest BCUT2D eigenvalue weighted by Gasteiger charge is 2.14. The fourth-order valence-corrected chi connectivity index (χ4v) is 2.31. The Morgan fingerprint density at radius 1 is 1.35 bits per heavy atom. The van der Waals surface area contributed by atoms with Gasteiger partial charge < -0.3 is 10.1 Å². The van der Waals surface area contributed by atoms with Crippen molar-refractivity contribution in [2.45, 2.75) is 13.5 Å². The second-order valence-corrected chi connectivity index (χ2v) is 4.89. The number of hydrogen-bond donors (Lipinski definition) is 1. The van der Waals surface area contributed by atoms with E-state index in [2.05, 4.69) is 29.3 Å². The normalized spacial score (nSPS) is 22.1. The van der Waals surface area contributed by atoms with Gasteiger partial charge in [-0.25, -0.2) is 0 Å². The van der Waals surface area contributed by atoms with Crippen LogP contribution >= 0.6 is 0 Å². The van der Waals surface area contributed by atoms with E-state index in [1.54, 1.807) is 7.11 Å². The highest BCUT2D eigenvalue weighted by atomic mass is 16.5. The first-order valence-electron chi connectivity index (χ1n) is 6.34. The molecule has 0 aliphatic carbocycles. The molecule has 0 radical (unpaired) electrons. The van der Waals surface area contributed by atoms with E-state index in [9.17, 15) is 0 Å². The molecule has 1 heterocycles. The van der Waals surface area contributed by atoms with Gasteiger partial charge in [0, 0.05) is 26.2 Å². The lowest BCUT2D eigenvalue weighted by Crippen LogP contribution is -2.28. The van der Waals surface area contributed by atoms with Gasteiger partial charge in [-0.15, -0.1) is 0 Å². The Morgan fingerprint density at radius 2 is 2.12 bits per heavy atom. The fraction of sp³-hybridized carbons (Fsp3) is 0.571. The van der Waals surface area contributed by atoms with Crippen LogP contribution in [0.1, 0.15) is 12.5 Å². The number of hydrogen-bond acceptors (Lipinski definition) is 3. The third kappa shape index (κ3) is 3.72. The van der Waals surface area contributed by atoms with Gasteiger partial charge in [0.2, 0.25) is 0 Å². The molecule has 1 atom stereocenters. The SMILES string of the molecule is COc1ccc(CN2CCNCC(C)C2)cc1. The van der Waals surface area contributed by atoms with Gasteiger partial charge in [0.05, 0.1) is 7.11 Å². The van der Waals surface area contributed by atoms with Gasteiger partial charge in [0.25, 0.3) is 0 Å². The van der Waals surface area contributed by atoms with Gasteiger partial charge in [-0.3, -0.25) is 4.90 Å². The molecule has 17 heavy (non-hydrogen) atoms. The van der Waals surface area contributed by atoms with Crippen LogP contribution in [-0.4, -0.2) is 38.2 Å². The fourth-order valence-electron chi connectivity index (χ4n) is 2.31. The number of ether oxygens (including phenoxy) is 1.